The highest BCUT2D eigenvalue weighted by atomic mass is 35.5. The molecule has 4 aromatic rings. The smallest absolute Gasteiger partial charge is 0.308 e. The van der Waals surface area contributed by atoms with Crippen LogP contribution in [0.4, 0.5) is 0 Å². The van der Waals surface area contributed by atoms with E-state index in [4.69, 9.17) is 16.3 Å². The zero-order valence-corrected chi connectivity index (χ0v) is 18.3. The van der Waals surface area contributed by atoms with E-state index in [0.717, 1.165) is 27.5 Å². The third-order valence-electron chi connectivity index (χ3n) is 5.19. The molecule has 0 unspecified atom stereocenters. The second-order valence-electron chi connectivity index (χ2n) is 7.51. The highest BCUT2D eigenvalue weighted by Gasteiger charge is 2.24. The number of ether oxygens (including phenoxy) is 1. The summed E-state index contributed by atoms with van der Waals surface area (Å²) >= 11 is 6.11. The summed E-state index contributed by atoms with van der Waals surface area (Å²) in [6.07, 6.45) is 0.235. The fourth-order valence-electron chi connectivity index (χ4n) is 3.79. The second-order valence-corrected chi connectivity index (χ2v) is 7.94. The molecule has 1 amide bonds. The number of amides is 1. The van der Waals surface area contributed by atoms with Crippen molar-refractivity contribution in [2.75, 3.05) is 0 Å². The van der Waals surface area contributed by atoms with Gasteiger partial charge in [-0.05, 0) is 40.1 Å². The molecule has 160 valence electrons. The Morgan fingerprint density at radius 2 is 1.56 bits per heavy atom. The van der Waals surface area contributed by atoms with Crippen LogP contribution < -0.4 is 10.1 Å². The predicted octanol–water partition coefficient (Wildman–Crippen LogP) is 5.87. The van der Waals surface area contributed by atoms with Crippen molar-refractivity contribution in [1.82, 2.24) is 5.32 Å². The SMILES string of the molecule is CC(=O)Oc1ccc2ccccc2c1[C@@H](NC(=O)Cc1ccccc1)c1ccc(Cl)cc1. The molecule has 4 aromatic carbocycles. The summed E-state index contributed by atoms with van der Waals surface area (Å²) in [6.45, 7) is 1.37. The van der Waals surface area contributed by atoms with E-state index in [0.29, 0.717) is 10.8 Å². The Morgan fingerprint density at radius 3 is 2.28 bits per heavy atom. The number of hydrogen-bond donors (Lipinski definition) is 1. The van der Waals surface area contributed by atoms with Crippen LogP contribution in [0.15, 0.2) is 91.0 Å². The maximum absolute atomic E-state index is 13.1. The lowest BCUT2D eigenvalue weighted by Gasteiger charge is -2.24. The van der Waals surface area contributed by atoms with Gasteiger partial charge in [-0.3, -0.25) is 9.59 Å². The summed E-state index contributed by atoms with van der Waals surface area (Å²) in [5.74, 6) is -0.152. The van der Waals surface area contributed by atoms with Crippen LogP contribution in [-0.4, -0.2) is 11.9 Å². The van der Waals surface area contributed by atoms with Crippen molar-refractivity contribution >= 4 is 34.2 Å². The molecule has 1 atom stereocenters. The van der Waals surface area contributed by atoms with Gasteiger partial charge in [0.1, 0.15) is 5.75 Å². The first-order valence-corrected chi connectivity index (χ1v) is 10.7. The molecule has 0 aromatic heterocycles. The van der Waals surface area contributed by atoms with E-state index in [-0.39, 0.29) is 12.3 Å². The minimum Gasteiger partial charge on any atom is -0.426 e. The highest BCUT2D eigenvalue weighted by Crippen LogP contribution is 2.37. The number of carbonyl (C=O) groups is 2. The van der Waals surface area contributed by atoms with Crippen LogP contribution in [0.25, 0.3) is 10.8 Å². The molecule has 5 heteroatoms. The normalized spacial score (nSPS) is 11.7. The molecular weight excluding hydrogens is 422 g/mol. The van der Waals surface area contributed by atoms with E-state index in [2.05, 4.69) is 5.32 Å². The Hall–Kier alpha value is -3.63. The Labute approximate surface area is 191 Å². The minimum absolute atomic E-state index is 0.141. The van der Waals surface area contributed by atoms with Crippen LogP contribution in [0.3, 0.4) is 0 Å². The number of hydrogen-bond acceptors (Lipinski definition) is 3. The Bertz CT molecular complexity index is 1250. The van der Waals surface area contributed by atoms with Crippen LogP contribution in [0.5, 0.6) is 5.75 Å². The molecule has 0 aliphatic carbocycles. The summed E-state index contributed by atoms with van der Waals surface area (Å²) in [7, 11) is 0. The van der Waals surface area contributed by atoms with Gasteiger partial charge in [0.25, 0.3) is 0 Å². The van der Waals surface area contributed by atoms with Crippen LogP contribution in [0.1, 0.15) is 29.7 Å². The van der Waals surface area contributed by atoms with E-state index >= 15 is 0 Å². The summed E-state index contributed by atoms with van der Waals surface area (Å²) in [5, 5.41) is 5.62. The molecule has 0 aliphatic heterocycles. The summed E-state index contributed by atoms with van der Waals surface area (Å²) < 4.78 is 5.56. The molecular formula is C27H22ClNO3. The molecule has 0 saturated heterocycles. The number of esters is 1. The summed E-state index contributed by atoms with van der Waals surface area (Å²) in [5.41, 5.74) is 2.47. The molecule has 1 N–H and O–H groups in total. The van der Waals surface area contributed by atoms with Crippen LogP contribution >= 0.6 is 11.6 Å². The molecule has 0 saturated carbocycles. The number of halogens is 1. The van der Waals surface area contributed by atoms with E-state index < -0.39 is 12.0 Å². The Kier molecular flexibility index (Phi) is 6.52. The maximum atomic E-state index is 13.1. The fourth-order valence-corrected chi connectivity index (χ4v) is 3.91. The number of carbonyl (C=O) groups excluding carboxylic acids is 2. The van der Waals surface area contributed by atoms with Gasteiger partial charge in [-0.1, -0.05) is 84.4 Å². The van der Waals surface area contributed by atoms with Crippen molar-refractivity contribution in [2.45, 2.75) is 19.4 Å². The Balaban J connectivity index is 1.82. The third-order valence-corrected chi connectivity index (χ3v) is 5.44. The lowest BCUT2D eigenvalue weighted by molar-refractivity contribution is -0.131. The number of nitrogens with one attached hydrogen (secondary N) is 1. The molecule has 0 aliphatic rings. The first-order valence-electron chi connectivity index (χ1n) is 10.3. The predicted molar refractivity (Wildman–Crippen MR) is 127 cm³/mol. The summed E-state index contributed by atoms with van der Waals surface area (Å²) in [6, 6.07) is 27.8. The summed E-state index contributed by atoms with van der Waals surface area (Å²) in [4.78, 5) is 24.9. The topological polar surface area (TPSA) is 55.4 Å². The molecule has 0 fully saturated rings. The number of benzene rings is 4. The molecule has 0 spiro atoms. The lowest BCUT2D eigenvalue weighted by Crippen LogP contribution is -2.31. The average molecular weight is 444 g/mol. The molecule has 0 heterocycles. The van der Waals surface area contributed by atoms with Crippen molar-refractivity contribution in [1.29, 1.82) is 0 Å². The second kappa shape index (κ2) is 9.67. The van der Waals surface area contributed by atoms with Crippen molar-refractivity contribution in [2.24, 2.45) is 0 Å². The standard InChI is InChI=1S/C27H22ClNO3/c1-18(30)32-24-16-13-20-9-5-6-10-23(20)26(24)27(21-11-14-22(28)15-12-21)29-25(31)17-19-7-3-2-4-8-19/h2-16,27H,17H2,1H3,(H,29,31)/t27-/m0/s1. The van der Waals surface area contributed by atoms with E-state index in [1.54, 1.807) is 18.2 Å². The van der Waals surface area contributed by atoms with Crippen molar-refractivity contribution < 1.29 is 14.3 Å². The molecule has 4 nitrogen and oxygen atoms in total. The van der Waals surface area contributed by atoms with E-state index in [9.17, 15) is 9.59 Å². The van der Waals surface area contributed by atoms with Crippen LogP contribution in [-0.2, 0) is 16.0 Å². The lowest BCUT2D eigenvalue weighted by atomic mass is 9.92. The number of fused-ring (bicyclic) bond motifs is 1. The van der Waals surface area contributed by atoms with Gasteiger partial charge in [0.05, 0.1) is 12.5 Å². The van der Waals surface area contributed by atoms with Crippen LogP contribution in [0, 0.1) is 0 Å². The number of rotatable bonds is 6. The molecule has 0 radical (unpaired) electrons. The van der Waals surface area contributed by atoms with Gasteiger partial charge in [-0.2, -0.15) is 0 Å². The zero-order valence-electron chi connectivity index (χ0n) is 17.5. The van der Waals surface area contributed by atoms with Crippen molar-refractivity contribution in [3.05, 3.63) is 113 Å². The third kappa shape index (κ3) is 4.98. The molecule has 4 rings (SSSR count). The van der Waals surface area contributed by atoms with Gasteiger partial charge >= 0.3 is 5.97 Å². The molecule has 32 heavy (non-hydrogen) atoms. The zero-order chi connectivity index (χ0) is 22.5. The van der Waals surface area contributed by atoms with Gasteiger partial charge in [-0.15, -0.1) is 0 Å². The van der Waals surface area contributed by atoms with Gasteiger partial charge in [0.15, 0.2) is 0 Å². The van der Waals surface area contributed by atoms with Gasteiger partial charge in [0, 0.05) is 17.5 Å². The Morgan fingerprint density at radius 1 is 0.875 bits per heavy atom. The van der Waals surface area contributed by atoms with Gasteiger partial charge in [-0.25, -0.2) is 0 Å². The maximum Gasteiger partial charge on any atom is 0.308 e. The monoisotopic (exact) mass is 443 g/mol. The average Bonchev–Trinajstić information content (AvgIpc) is 2.79. The van der Waals surface area contributed by atoms with E-state index in [1.807, 2.05) is 72.8 Å². The quantitative estimate of drug-likeness (QED) is 0.299. The minimum atomic E-state index is -0.538. The van der Waals surface area contributed by atoms with Crippen molar-refractivity contribution in [3.63, 3.8) is 0 Å². The van der Waals surface area contributed by atoms with Crippen LogP contribution in [0.2, 0.25) is 5.02 Å². The van der Waals surface area contributed by atoms with Gasteiger partial charge < -0.3 is 10.1 Å². The first kappa shape index (κ1) is 21.6. The van der Waals surface area contributed by atoms with E-state index in [1.165, 1.54) is 6.92 Å². The fraction of sp³-hybridized carbons (Fsp3) is 0.111. The molecule has 0 bridgehead atoms. The highest BCUT2D eigenvalue weighted by molar-refractivity contribution is 6.30. The van der Waals surface area contributed by atoms with Crippen molar-refractivity contribution in [3.8, 4) is 5.75 Å². The first-order chi connectivity index (χ1) is 15.5. The largest absolute Gasteiger partial charge is 0.426 e. The van der Waals surface area contributed by atoms with Gasteiger partial charge in [0.2, 0.25) is 5.91 Å².